The monoisotopic (exact) mass is 261 g/mol. The molecule has 1 heterocycles. The Balaban J connectivity index is 1.92. The van der Waals surface area contributed by atoms with Gasteiger partial charge in [0, 0.05) is 25.2 Å². The molecule has 1 aromatic rings. The average Bonchev–Trinajstić information content (AvgIpc) is 3.26. The Morgan fingerprint density at radius 2 is 2.05 bits per heavy atom. The van der Waals surface area contributed by atoms with E-state index in [-0.39, 0.29) is 0 Å². The molecule has 1 unspecified atom stereocenters. The molecule has 1 aliphatic carbocycles. The van der Waals surface area contributed by atoms with Crippen LogP contribution in [0.5, 0.6) is 0 Å². The van der Waals surface area contributed by atoms with E-state index >= 15 is 0 Å². The minimum Gasteiger partial charge on any atom is -0.308 e. The lowest BCUT2D eigenvalue weighted by molar-refractivity contribution is 0.203. The van der Waals surface area contributed by atoms with Crippen molar-refractivity contribution in [1.29, 1.82) is 0 Å². The van der Waals surface area contributed by atoms with Crippen LogP contribution in [-0.2, 0) is 13.1 Å². The van der Waals surface area contributed by atoms with E-state index in [4.69, 9.17) is 4.98 Å². The number of nitrogens with one attached hydrogen (secondary N) is 1. The molecule has 1 aliphatic rings. The van der Waals surface area contributed by atoms with Gasteiger partial charge in [-0.2, -0.15) is 0 Å². The van der Waals surface area contributed by atoms with Crippen molar-refractivity contribution in [3.05, 3.63) is 29.6 Å². The van der Waals surface area contributed by atoms with Crippen molar-refractivity contribution in [3.63, 3.8) is 0 Å². The second kappa shape index (κ2) is 7.01. The second-order valence-electron chi connectivity index (χ2n) is 5.60. The van der Waals surface area contributed by atoms with Crippen LogP contribution in [0.2, 0.25) is 0 Å². The van der Waals surface area contributed by atoms with Gasteiger partial charge in [-0.1, -0.05) is 19.9 Å². The summed E-state index contributed by atoms with van der Waals surface area (Å²) in [5.41, 5.74) is 2.36. The maximum Gasteiger partial charge on any atom is 0.0547 e. The van der Waals surface area contributed by atoms with Gasteiger partial charge >= 0.3 is 0 Å². The van der Waals surface area contributed by atoms with Crippen molar-refractivity contribution in [1.82, 2.24) is 15.2 Å². The fraction of sp³-hybridized carbons (Fsp3) is 0.688. The second-order valence-corrected chi connectivity index (χ2v) is 5.60. The number of pyridine rings is 1. The van der Waals surface area contributed by atoms with Gasteiger partial charge in [0.1, 0.15) is 0 Å². The van der Waals surface area contributed by atoms with Gasteiger partial charge in [0.05, 0.1) is 11.4 Å². The molecule has 0 aromatic carbocycles. The molecule has 1 saturated carbocycles. The van der Waals surface area contributed by atoms with Gasteiger partial charge in [0.25, 0.3) is 0 Å². The first-order chi connectivity index (χ1) is 9.22. The Labute approximate surface area is 117 Å². The molecule has 0 aliphatic heterocycles. The number of aromatic nitrogens is 1. The first-order valence-electron chi connectivity index (χ1n) is 7.65. The Morgan fingerprint density at radius 1 is 1.32 bits per heavy atom. The minimum atomic E-state index is 0.625. The van der Waals surface area contributed by atoms with Crippen LogP contribution in [0.15, 0.2) is 18.2 Å². The van der Waals surface area contributed by atoms with Crippen molar-refractivity contribution in [3.8, 4) is 0 Å². The molecule has 3 nitrogen and oxygen atoms in total. The largest absolute Gasteiger partial charge is 0.308 e. The molecule has 1 atom stereocenters. The summed E-state index contributed by atoms with van der Waals surface area (Å²) in [5.74, 6) is 0. The van der Waals surface area contributed by atoms with Crippen molar-refractivity contribution >= 4 is 0 Å². The quantitative estimate of drug-likeness (QED) is 0.780. The van der Waals surface area contributed by atoms with Crippen LogP contribution in [0, 0.1) is 0 Å². The SMILES string of the molecule is CCC(C)N(CC)Cc1cccc(CNC2CC2)n1. The van der Waals surface area contributed by atoms with Crippen LogP contribution in [0.25, 0.3) is 0 Å². The first-order valence-corrected chi connectivity index (χ1v) is 7.65. The standard InChI is InChI=1S/C16H27N3/c1-4-13(3)19(5-2)12-16-8-6-7-15(18-16)11-17-14-9-10-14/h6-8,13-14,17H,4-5,9-12H2,1-3H3. The summed E-state index contributed by atoms with van der Waals surface area (Å²) in [5, 5.41) is 3.53. The van der Waals surface area contributed by atoms with E-state index in [1.165, 1.54) is 30.7 Å². The predicted octanol–water partition coefficient (Wildman–Crippen LogP) is 2.95. The Morgan fingerprint density at radius 3 is 2.68 bits per heavy atom. The molecule has 3 heteroatoms. The lowest BCUT2D eigenvalue weighted by Gasteiger charge is -2.26. The molecule has 106 valence electrons. The van der Waals surface area contributed by atoms with Crippen molar-refractivity contribution in [2.24, 2.45) is 0 Å². The molecular weight excluding hydrogens is 234 g/mol. The van der Waals surface area contributed by atoms with Gasteiger partial charge < -0.3 is 5.32 Å². The van der Waals surface area contributed by atoms with E-state index < -0.39 is 0 Å². The summed E-state index contributed by atoms with van der Waals surface area (Å²) in [6, 6.07) is 7.78. The molecule has 1 aromatic heterocycles. The van der Waals surface area contributed by atoms with Gasteiger partial charge in [-0.05, 0) is 44.9 Å². The molecule has 0 saturated heterocycles. The van der Waals surface area contributed by atoms with E-state index in [0.29, 0.717) is 6.04 Å². The highest BCUT2D eigenvalue weighted by Crippen LogP contribution is 2.19. The van der Waals surface area contributed by atoms with Gasteiger partial charge in [-0.25, -0.2) is 0 Å². The molecule has 1 N–H and O–H groups in total. The van der Waals surface area contributed by atoms with Crippen LogP contribution in [0.3, 0.4) is 0 Å². The van der Waals surface area contributed by atoms with Crippen molar-refractivity contribution in [2.75, 3.05) is 6.54 Å². The zero-order valence-electron chi connectivity index (χ0n) is 12.5. The summed E-state index contributed by atoms with van der Waals surface area (Å²) in [6.07, 6.45) is 3.85. The lowest BCUT2D eigenvalue weighted by Crippen LogP contribution is -2.32. The van der Waals surface area contributed by atoms with E-state index in [1.54, 1.807) is 0 Å². The van der Waals surface area contributed by atoms with E-state index in [1.807, 2.05) is 0 Å². The van der Waals surface area contributed by atoms with Crippen LogP contribution >= 0.6 is 0 Å². The first kappa shape index (κ1) is 14.5. The smallest absolute Gasteiger partial charge is 0.0547 e. The molecule has 0 spiro atoms. The van der Waals surface area contributed by atoms with E-state index in [0.717, 1.165) is 25.7 Å². The third-order valence-corrected chi connectivity index (χ3v) is 4.00. The van der Waals surface area contributed by atoms with Crippen LogP contribution in [0.4, 0.5) is 0 Å². The van der Waals surface area contributed by atoms with Crippen molar-refractivity contribution < 1.29 is 0 Å². The predicted molar refractivity (Wildman–Crippen MR) is 79.9 cm³/mol. The highest BCUT2D eigenvalue weighted by Gasteiger charge is 2.20. The van der Waals surface area contributed by atoms with E-state index in [2.05, 4.69) is 49.2 Å². The molecule has 0 bridgehead atoms. The Bertz CT molecular complexity index is 387. The van der Waals surface area contributed by atoms with Crippen molar-refractivity contribution in [2.45, 2.75) is 65.2 Å². The maximum absolute atomic E-state index is 4.77. The minimum absolute atomic E-state index is 0.625. The number of hydrogen-bond acceptors (Lipinski definition) is 3. The molecule has 1 fully saturated rings. The molecule has 0 amide bonds. The molecule has 2 rings (SSSR count). The molecule has 19 heavy (non-hydrogen) atoms. The Kier molecular flexibility index (Phi) is 5.34. The Hall–Kier alpha value is -0.930. The van der Waals surface area contributed by atoms with Gasteiger partial charge in [-0.3, -0.25) is 9.88 Å². The van der Waals surface area contributed by atoms with Crippen LogP contribution in [-0.4, -0.2) is 28.5 Å². The van der Waals surface area contributed by atoms with Crippen LogP contribution in [0.1, 0.15) is 51.4 Å². The summed E-state index contributed by atoms with van der Waals surface area (Å²) in [7, 11) is 0. The fourth-order valence-corrected chi connectivity index (χ4v) is 2.30. The third-order valence-electron chi connectivity index (χ3n) is 4.00. The number of hydrogen-bond donors (Lipinski definition) is 1. The zero-order chi connectivity index (χ0) is 13.7. The highest BCUT2D eigenvalue weighted by molar-refractivity contribution is 5.11. The van der Waals surface area contributed by atoms with Gasteiger partial charge in [0.2, 0.25) is 0 Å². The number of nitrogens with zero attached hydrogens (tertiary/aromatic N) is 2. The average molecular weight is 261 g/mol. The van der Waals surface area contributed by atoms with Gasteiger partial charge in [-0.15, -0.1) is 0 Å². The zero-order valence-corrected chi connectivity index (χ0v) is 12.5. The summed E-state index contributed by atoms with van der Waals surface area (Å²) in [4.78, 5) is 7.26. The van der Waals surface area contributed by atoms with E-state index in [9.17, 15) is 0 Å². The fourth-order valence-electron chi connectivity index (χ4n) is 2.30. The van der Waals surface area contributed by atoms with Gasteiger partial charge in [0.15, 0.2) is 0 Å². The maximum atomic E-state index is 4.77. The highest BCUT2D eigenvalue weighted by atomic mass is 15.1. The van der Waals surface area contributed by atoms with Crippen LogP contribution < -0.4 is 5.32 Å². The topological polar surface area (TPSA) is 28.2 Å². The molecular formula is C16H27N3. The third kappa shape index (κ3) is 4.59. The summed E-state index contributed by atoms with van der Waals surface area (Å²) in [6.45, 7) is 9.72. The lowest BCUT2D eigenvalue weighted by atomic mass is 10.2. The number of rotatable bonds is 8. The summed E-state index contributed by atoms with van der Waals surface area (Å²) >= 11 is 0. The summed E-state index contributed by atoms with van der Waals surface area (Å²) < 4.78 is 0. The normalized spacial score (nSPS) is 16.8. The molecule has 0 radical (unpaired) electrons.